The fourth-order valence-electron chi connectivity index (χ4n) is 3.65. The van der Waals surface area contributed by atoms with E-state index in [1.54, 1.807) is 13.0 Å². The molecular formula is C17H25N5O4S. The van der Waals surface area contributed by atoms with Gasteiger partial charge in [0.2, 0.25) is 15.9 Å². The Labute approximate surface area is 158 Å². The number of nitrogens with two attached hydrogens (primary N) is 1. The first-order valence-electron chi connectivity index (χ1n) is 9.03. The molecule has 2 aromatic rings. The number of rotatable bonds is 7. The maximum Gasteiger partial charge on any atom is 0.243 e. The number of benzene rings is 1. The molecule has 0 aliphatic carbocycles. The van der Waals surface area contributed by atoms with Crippen molar-refractivity contribution in [2.75, 3.05) is 26.2 Å². The minimum Gasteiger partial charge on any atom is -0.369 e. The zero-order valence-corrected chi connectivity index (χ0v) is 16.4. The van der Waals surface area contributed by atoms with Crippen molar-refractivity contribution >= 4 is 27.0 Å². The van der Waals surface area contributed by atoms with Gasteiger partial charge in [0.25, 0.3) is 0 Å². The number of sulfonamides is 1. The van der Waals surface area contributed by atoms with Gasteiger partial charge in [0.15, 0.2) is 5.52 Å². The molecule has 9 nitrogen and oxygen atoms in total. The van der Waals surface area contributed by atoms with Crippen molar-refractivity contribution in [1.29, 1.82) is 0 Å². The van der Waals surface area contributed by atoms with Gasteiger partial charge in [0.05, 0.1) is 5.92 Å². The highest BCUT2D eigenvalue weighted by Gasteiger charge is 2.25. The zero-order chi connectivity index (χ0) is 19.6. The molecule has 10 heteroatoms. The maximum absolute atomic E-state index is 12.8. The van der Waals surface area contributed by atoms with E-state index in [1.165, 1.54) is 0 Å². The van der Waals surface area contributed by atoms with Crippen LogP contribution in [0.1, 0.15) is 30.4 Å². The molecule has 2 heterocycles. The SMILES string of the molecule is Cc1cc(C)c2nonc2c1S(=O)(=O)NCCCN1CCC[C@H](C(N)=O)C1. The Hall–Kier alpha value is -2.04. The maximum atomic E-state index is 12.8. The lowest BCUT2D eigenvalue weighted by atomic mass is 9.97. The molecular weight excluding hydrogens is 370 g/mol. The van der Waals surface area contributed by atoms with Crippen LogP contribution in [0, 0.1) is 19.8 Å². The van der Waals surface area contributed by atoms with Gasteiger partial charge >= 0.3 is 0 Å². The normalized spacial score (nSPS) is 18.8. The summed E-state index contributed by atoms with van der Waals surface area (Å²) in [6.45, 7) is 6.11. The summed E-state index contributed by atoms with van der Waals surface area (Å²) in [6, 6.07) is 1.76. The van der Waals surface area contributed by atoms with Crippen molar-refractivity contribution in [2.24, 2.45) is 11.7 Å². The Morgan fingerprint density at radius 3 is 2.81 bits per heavy atom. The number of carbonyl (C=O) groups excluding carboxylic acids is 1. The predicted octanol–water partition coefficient (Wildman–Crippen LogP) is 0.705. The standard InChI is InChI=1S/C17H25N5O4S/c1-11-9-12(2)16(15-14(11)20-26-21-15)27(24,25)19-6-4-8-22-7-3-5-13(10-22)17(18)23/h9,13,19H,3-8,10H2,1-2H3,(H2,18,23)/t13-/m0/s1. The van der Waals surface area contributed by atoms with Crippen LogP contribution >= 0.6 is 0 Å². The Kier molecular flexibility index (Phi) is 5.78. The van der Waals surface area contributed by atoms with Gasteiger partial charge in [-0.3, -0.25) is 4.79 Å². The number of piperidine rings is 1. The quantitative estimate of drug-likeness (QED) is 0.660. The van der Waals surface area contributed by atoms with Crippen LogP contribution in [0.4, 0.5) is 0 Å². The fourth-order valence-corrected chi connectivity index (χ4v) is 5.08. The Bertz CT molecular complexity index is 940. The number of aryl methyl sites for hydroxylation is 2. The highest BCUT2D eigenvalue weighted by Crippen LogP contribution is 2.26. The van der Waals surface area contributed by atoms with E-state index in [4.69, 9.17) is 10.4 Å². The third kappa shape index (κ3) is 4.28. The number of likely N-dealkylation sites (tertiary alicyclic amines) is 1. The molecule has 0 spiro atoms. The van der Waals surface area contributed by atoms with E-state index < -0.39 is 10.0 Å². The Morgan fingerprint density at radius 2 is 2.07 bits per heavy atom. The molecule has 1 fully saturated rings. The lowest BCUT2D eigenvalue weighted by Crippen LogP contribution is -2.42. The third-order valence-corrected chi connectivity index (χ3v) is 6.63. The smallest absolute Gasteiger partial charge is 0.243 e. The van der Waals surface area contributed by atoms with E-state index in [-0.39, 0.29) is 22.2 Å². The van der Waals surface area contributed by atoms with Gasteiger partial charge in [-0.25, -0.2) is 17.8 Å². The van der Waals surface area contributed by atoms with E-state index in [1.807, 2.05) is 6.92 Å². The molecule has 0 unspecified atom stereocenters. The molecule has 3 N–H and O–H groups in total. The largest absolute Gasteiger partial charge is 0.369 e. The number of nitrogens with one attached hydrogen (secondary N) is 1. The minimum absolute atomic E-state index is 0.108. The molecule has 148 valence electrons. The molecule has 1 saturated heterocycles. The first kappa shape index (κ1) is 19.7. The van der Waals surface area contributed by atoms with E-state index in [9.17, 15) is 13.2 Å². The van der Waals surface area contributed by atoms with E-state index in [2.05, 4.69) is 19.9 Å². The molecule has 0 radical (unpaired) electrons. The summed E-state index contributed by atoms with van der Waals surface area (Å²) >= 11 is 0. The van der Waals surface area contributed by atoms with Crippen LogP contribution in [0.2, 0.25) is 0 Å². The molecule has 1 aliphatic heterocycles. The van der Waals surface area contributed by atoms with Gasteiger partial charge in [-0.15, -0.1) is 0 Å². The van der Waals surface area contributed by atoms with E-state index in [0.29, 0.717) is 37.1 Å². The lowest BCUT2D eigenvalue weighted by molar-refractivity contribution is -0.123. The summed E-state index contributed by atoms with van der Waals surface area (Å²) in [5, 5.41) is 7.57. The van der Waals surface area contributed by atoms with Crippen molar-refractivity contribution in [3.05, 3.63) is 17.2 Å². The number of hydrogen-bond donors (Lipinski definition) is 2. The summed E-state index contributed by atoms with van der Waals surface area (Å²) in [4.78, 5) is 13.6. The molecule has 1 aliphatic rings. The second-order valence-electron chi connectivity index (χ2n) is 7.09. The monoisotopic (exact) mass is 395 g/mol. The van der Waals surface area contributed by atoms with Crippen molar-refractivity contribution in [2.45, 2.75) is 38.0 Å². The zero-order valence-electron chi connectivity index (χ0n) is 15.6. The number of primary amides is 1. The summed E-state index contributed by atoms with van der Waals surface area (Å²) in [5.41, 5.74) is 7.51. The Morgan fingerprint density at radius 1 is 1.33 bits per heavy atom. The number of amides is 1. The topological polar surface area (TPSA) is 131 Å². The molecule has 1 aromatic heterocycles. The first-order valence-corrected chi connectivity index (χ1v) is 10.5. The lowest BCUT2D eigenvalue weighted by Gasteiger charge is -2.31. The number of fused-ring (bicyclic) bond motifs is 1. The number of nitrogens with zero attached hydrogens (tertiary/aromatic N) is 3. The van der Waals surface area contributed by atoms with Gasteiger partial charge in [0, 0.05) is 13.1 Å². The van der Waals surface area contributed by atoms with Gasteiger partial charge in [-0.05, 0) is 67.6 Å². The van der Waals surface area contributed by atoms with E-state index >= 15 is 0 Å². The van der Waals surface area contributed by atoms with Gasteiger partial charge in [0.1, 0.15) is 10.4 Å². The van der Waals surface area contributed by atoms with Crippen LogP contribution in [-0.4, -0.2) is 55.7 Å². The summed E-state index contributed by atoms with van der Waals surface area (Å²) < 4.78 is 32.9. The van der Waals surface area contributed by atoms with Crippen LogP contribution in [0.25, 0.3) is 11.0 Å². The minimum atomic E-state index is -3.74. The highest BCUT2D eigenvalue weighted by molar-refractivity contribution is 7.89. The average Bonchev–Trinajstić information content (AvgIpc) is 3.08. The number of carbonyl (C=O) groups is 1. The van der Waals surface area contributed by atoms with Crippen LogP contribution in [-0.2, 0) is 14.8 Å². The summed E-state index contributed by atoms with van der Waals surface area (Å²) in [7, 11) is -3.74. The average molecular weight is 395 g/mol. The Balaban J connectivity index is 1.61. The number of aromatic nitrogens is 2. The van der Waals surface area contributed by atoms with Crippen molar-refractivity contribution < 1.29 is 17.8 Å². The number of hydrogen-bond acceptors (Lipinski definition) is 7. The molecule has 0 saturated carbocycles. The van der Waals surface area contributed by atoms with Crippen LogP contribution in [0.5, 0.6) is 0 Å². The van der Waals surface area contributed by atoms with Crippen molar-refractivity contribution in [3.8, 4) is 0 Å². The van der Waals surface area contributed by atoms with Crippen molar-refractivity contribution in [3.63, 3.8) is 0 Å². The van der Waals surface area contributed by atoms with Crippen LogP contribution in [0.15, 0.2) is 15.6 Å². The summed E-state index contributed by atoms with van der Waals surface area (Å²) in [6.07, 6.45) is 2.39. The summed E-state index contributed by atoms with van der Waals surface area (Å²) in [5.74, 6) is -0.376. The molecule has 27 heavy (non-hydrogen) atoms. The van der Waals surface area contributed by atoms with Gasteiger partial charge in [-0.1, -0.05) is 6.07 Å². The predicted molar refractivity (Wildman–Crippen MR) is 99.4 cm³/mol. The van der Waals surface area contributed by atoms with E-state index in [0.717, 1.165) is 24.9 Å². The molecule has 1 amide bonds. The fraction of sp³-hybridized carbons (Fsp3) is 0.588. The molecule has 3 rings (SSSR count). The van der Waals surface area contributed by atoms with Crippen molar-refractivity contribution in [1.82, 2.24) is 19.9 Å². The molecule has 0 bridgehead atoms. The second-order valence-corrected chi connectivity index (χ2v) is 8.80. The second kappa shape index (κ2) is 7.91. The third-order valence-electron chi connectivity index (χ3n) is 4.99. The molecule has 1 atom stereocenters. The molecule has 1 aromatic carbocycles. The van der Waals surface area contributed by atoms with Crippen LogP contribution < -0.4 is 10.5 Å². The van der Waals surface area contributed by atoms with Crippen LogP contribution in [0.3, 0.4) is 0 Å². The van der Waals surface area contributed by atoms with Gasteiger partial charge < -0.3 is 10.6 Å². The highest BCUT2D eigenvalue weighted by atomic mass is 32.2. The van der Waals surface area contributed by atoms with Gasteiger partial charge in [-0.2, -0.15) is 0 Å². The first-order chi connectivity index (χ1) is 12.8.